The first-order valence-corrected chi connectivity index (χ1v) is 7.00. The number of benzene rings is 1. The van der Waals surface area contributed by atoms with E-state index in [0.717, 1.165) is 12.1 Å². The third kappa shape index (κ3) is 2.91. The molecular formula is C12H10F3NO3S. The molecule has 0 aliphatic heterocycles. The summed E-state index contributed by atoms with van der Waals surface area (Å²) in [5.74, 6) is -0.426. The van der Waals surface area contributed by atoms with Crippen molar-refractivity contribution in [2.45, 2.75) is 18.2 Å². The molecule has 2 aromatic rings. The molecule has 4 nitrogen and oxygen atoms in total. The van der Waals surface area contributed by atoms with Crippen molar-refractivity contribution < 1.29 is 22.5 Å². The molecule has 1 heterocycles. The van der Waals surface area contributed by atoms with E-state index >= 15 is 0 Å². The first kappa shape index (κ1) is 14.7. The number of aromatic nitrogens is 1. The number of nitrogens with one attached hydrogen (secondary N) is 1. The Morgan fingerprint density at radius 2 is 2.00 bits per heavy atom. The van der Waals surface area contributed by atoms with Crippen LogP contribution in [0.15, 0.2) is 27.9 Å². The Hall–Kier alpha value is -1.67. The van der Waals surface area contributed by atoms with Gasteiger partial charge in [-0.3, -0.25) is 4.79 Å². The molecule has 1 aromatic heterocycles. The van der Waals surface area contributed by atoms with Crippen LogP contribution >= 0.6 is 0 Å². The highest BCUT2D eigenvalue weighted by Crippen LogP contribution is 2.25. The van der Waals surface area contributed by atoms with Gasteiger partial charge in [0.25, 0.3) is 0 Å². The van der Waals surface area contributed by atoms with Gasteiger partial charge in [-0.2, -0.15) is 0 Å². The minimum Gasteiger partial charge on any atom is -0.611 e. The van der Waals surface area contributed by atoms with E-state index in [1.54, 1.807) is 0 Å². The summed E-state index contributed by atoms with van der Waals surface area (Å²) in [6.45, 7) is 1.54. The zero-order chi connectivity index (χ0) is 15.1. The van der Waals surface area contributed by atoms with Crippen LogP contribution in [-0.2, 0) is 11.2 Å². The Kier molecular flexibility index (Phi) is 3.70. The Labute approximate surface area is 114 Å². The number of hydrogen-bond acceptors (Lipinski definition) is 3. The summed E-state index contributed by atoms with van der Waals surface area (Å²) in [6.07, 6.45) is -3.43. The second-order valence-electron chi connectivity index (χ2n) is 4.12. The first-order chi connectivity index (χ1) is 9.19. The maximum atomic E-state index is 12.1. The van der Waals surface area contributed by atoms with Gasteiger partial charge >= 0.3 is 6.36 Å². The van der Waals surface area contributed by atoms with Gasteiger partial charge in [0.2, 0.25) is 10.3 Å². The van der Waals surface area contributed by atoms with Gasteiger partial charge in [0.1, 0.15) is 12.0 Å². The molecule has 1 N–H and O–H groups in total. The molecule has 1 unspecified atom stereocenters. The smallest absolute Gasteiger partial charge is 0.573 e. The molecule has 0 fully saturated rings. The highest BCUT2D eigenvalue weighted by Gasteiger charge is 2.31. The van der Waals surface area contributed by atoms with Gasteiger partial charge in [-0.15, -0.1) is 13.2 Å². The summed E-state index contributed by atoms with van der Waals surface area (Å²) in [5.41, 5.74) is 0.0894. The fraction of sp³-hybridized carbons (Fsp3) is 0.250. The minimum atomic E-state index is -4.80. The SMILES string of the molecule is Cc1[nH]c2cc(OC(F)(F)F)ccc2c(=O)c1[S+](C)[O-]. The zero-order valence-corrected chi connectivity index (χ0v) is 11.3. The van der Waals surface area contributed by atoms with Crippen molar-refractivity contribution in [1.82, 2.24) is 4.98 Å². The molecule has 0 aliphatic rings. The highest BCUT2D eigenvalue weighted by atomic mass is 32.2. The number of aryl methyl sites for hydroxylation is 1. The summed E-state index contributed by atoms with van der Waals surface area (Å²) >= 11 is -1.48. The molecule has 8 heteroatoms. The normalized spacial score (nSPS) is 13.5. The van der Waals surface area contributed by atoms with Crippen LogP contribution < -0.4 is 10.2 Å². The topological polar surface area (TPSA) is 65.2 Å². The van der Waals surface area contributed by atoms with Crippen LogP contribution in [0.1, 0.15) is 5.69 Å². The van der Waals surface area contributed by atoms with Crippen LogP contribution in [0, 0.1) is 6.92 Å². The number of pyridine rings is 1. The van der Waals surface area contributed by atoms with Crippen molar-refractivity contribution in [3.63, 3.8) is 0 Å². The van der Waals surface area contributed by atoms with Gasteiger partial charge in [-0.1, -0.05) is 0 Å². The lowest BCUT2D eigenvalue weighted by atomic mass is 10.2. The second kappa shape index (κ2) is 5.02. The lowest BCUT2D eigenvalue weighted by Crippen LogP contribution is -2.19. The van der Waals surface area contributed by atoms with Gasteiger partial charge in [-0.25, -0.2) is 0 Å². The van der Waals surface area contributed by atoms with E-state index in [1.807, 2.05) is 0 Å². The standard InChI is InChI=1S/C12H10F3NO3S/c1-6-11(20(2)18)10(17)8-4-3-7(5-9(8)16-6)19-12(13,14)15/h3-5H,1-2H3,(H,16,17). The van der Waals surface area contributed by atoms with Gasteiger partial charge in [0.15, 0.2) is 0 Å². The average molecular weight is 305 g/mol. The van der Waals surface area contributed by atoms with Crippen LogP contribution in [0.4, 0.5) is 13.2 Å². The van der Waals surface area contributed by atoms with E-state index in [1.165, 1.54) is 19.2 Å². The molecule has 0 aliphatic carbocycles. The van der Waals surface area contributed by atoms with E-state index in [9.17, 15) is 22.5 Å². The molecule has 1 atom stereocenters. The van der Waals surface area contributed by atoms with Crippen molar-refractivity contribution in [3.8, 4) is 5.75 Å². The molecule has 20 heavy (non-hydrogen) atoms. The van der Waals surface area contributed by atoms with E-state index < -0.39 is 28.7 Å². The largest absolute Gasteiger partial charge is 0.611 e. The monoisotopic (exact) mass is 305 g/mol. The predicted molar refractivity (Wildman–Crippen MR) is 68.3 cm³/mol. The Bertz CT molecular complexity index is 709. The van der Waals surface area contributed by atoms with Crippen molar-refractivity contribution >= 4 is 22.1 Å². The Morgan fingerprint density at radius 1 is 1.35 bits per heavy atom. The number of H-pyrrole nitrogens is 1. The molecule has 0 amide bonds. The third-order valence-corrected chi connectivity index (χ3v) is 3.69. The summed E-state index contributed by atoms with van der Waals surface area (Å²) in [4.78, 5) is 15.0. The maximum absolute atomic E-state index is 12.1. The van der Waals surface area contributed by atoms with Crippen LogP contribution in [0.5, 0.6) is 5.75 Å². The quantitative estimate of drug-likeness (QED) is 0.867. The average Bonchev–Trinajstić information content (AvgIpc) is 2.25. The van der Waals surface area contributed by atoms with Gasteiger partial charge in [0.05, 0.1) is 16.6 Å². The van der Waals surface area contributed by atoms with Crippen molar-refractivity contribution in [1.29, 1.82) is 0 Å². The summed E-state index contributed by atoms with van der Waals surface area (Å²) in [5, 5.41) is 0.162. The highest BCUT2D eigenvalue weighted by molar-refractivity contribution is 7.90. The van der Waals surface area contributed by atoms with Crippen molar-refractivity contribution in [2.24, 2.45) is 0 Å². The summed E-state index contributed by atoms with van der Waals surface area (Å²) in [6, 6.07) is 3.34. The number of rotatable bonds is 2. The zero-order valence-electron chi connectivity index (χ0n) is 10.5. The van der Waals surface area contributed by atoms with Gasteiger partial charge < -0.3 is 14.3 Å². The fourth-order valence-electron chi connectivity index (χ4n) is 1.92. The van der Waals surface area contributed by atoms with E-state index in [4.69, 9.17) is 0 Å². The predicted octanol–water partition coefficient (Wildman–Crippen LogP) is 2.47. The number of aromatic amines is 1. The summed E-state index contributed by atoms with van der Waals surface area (Å²) in [7, 11) is 0. The fourth-order valence-corrected chi connectivity index (χ4v) is 2.77. The molecule has 0 radical (unpaired) electrons. The molecule has 2 rings (SSSR count). The molecule has 0 bridgehead atoms. The Balaban J connectivity index is 2.61. The third-order valence-electron chi connectivity index (χ3n) is 2.63. The molecule has 0 saturated heterocycles. The molecule has 0 spiro atoms. The molecule has 0 saturated carbocycles. The summed E-state index contributed by atoms with van der Waals surface area (Å²) < 4.78 is 51.7. The van der Waals surface area contributed by atoms with Gasteiger partial charge in [0, 0.05) is 6.07 Å². The molecule has 1 aromatic carbocycles. The molecular weight excluding hydrogens is 295 g/mol. The number of alkyl halides is 3. The van der Waals surface area contributed by atoms with Crippen LogP contribution in [0.25, 0.3) is 10.9 Å². The van der Waals surface area contributed by atoms with Crippen LogP contribution in [-0.4, -0.2) is 22.2 Å². The number of ether oxygens (including phenoxy) is 1. The lowest BCUT2D eigenvalue weighted by molar-refractivity contribution is -0.274. The number of hydrogen-bond donors (Lipinski definition) is 1. The number of halogens is 3. The first-order valence-electron chi connectivity index (χ1n) is 5.45. The van der Waals surface area contributed by atoms with Crippen LogP contribution in [0.3, 0.4) is 0 Å². The maximum Gasteiger partial charge on any atom is 0.573 e. The van der Waals surface area contributed by atoms with E-state index in [0.29, 0.717) is 5.69 Å². The van der Waals surface area contributed by atoms with Crippen molar-refractivity contribution in [2.75, 3.05) is 6.26 Å². The van der Waals surface area contributed by atoms with Crippen LogP contribution in [0.2, 0.25) is 0 Å². The van der Waals surface area contributed by atoms with Gasteiger partial charge in [-0.05, 0) is 30.2 Å². The second-order valence-corrected chi connectivity index (χ2v) is 5.43. The lowest BCUT2D eigenvalue weighted by Gasteiger charge is -2.11. The molecule has 108 valence electrons. The van der Waals surface area contributed by atoms with E-state index in [2.05, 4.69) is 9.72 Å². The number of fused-ring (bicyclic) bond motifs is 1. The van der Waals surface area contributed by atoms with E-state index in [-0.39, 0.29) is 15.8 Å². The minimum absolute atomic E-state index is 0.113. The van der Waals surface area contributed by atoms with Crippen molar-refractivity contribution in [3.05, 3.63) is 34.1 Å². The Morgan fingerprint density at radius 3 is 2.55 bits per heavy atom.